The first-order valence-electron chi connectivity index (χ1n) is 6.59. The monoisotopic (exact) mass is 315 g/mol. The minimum atomic E-state index is -0.848. The molecule has 1 saturated heterocycles. The molecule has 0 saturated carbocycles. The number of carbonyl (C=O) groups excluding carboxylic acids is 4. The molecule has 1 rings (SSSR count). The number of likely N-dealkylation sites (tertiary alicyclic amines) is 1. The van der Waals surface area contributed by atoms with E-state index < -0.39 is 22.7 Å². The van der Waals surface area contributed by atoms with Crippen LogP contribution in [0.15, 0.2) is 0 Å². The van der Waals surface area contributed by atoms with Gasteiger partial charge in [-0.15, -0.1) is 11.8 Å². The number of carbonyl (C=O) groups is 4. The highest BCUT2D eigenvalue weighted by Crippen LogP contribution is 2.30. The largest absolute Gasteiger partial charge is 0.368 e. The van der Waals surface area contributed by atoms with Crippen LogP contribution in [0.3, 0.4) is 0 Å². The van der Waals surface area contributed by atoms with E-state index in [-0.39, 0.29) is 29.9 Å². The van der Waals surface area contributed by atoms with E-state index in [2.05, 4.69) is 5.32 Å². The third-order valence-corrected chi connectivity index (χ3v) is 4.26. The zero-order chi connectivity index (χ0) is 16.4. The first kappa shape index (κ1) is 17.5. The predicted octanol–water partition coefficient (Wildman–Crippen LogP) is -0.364. The number of amides is 4. The number of rotatable bonds is 5. The van der Waals surface area contributed by atoms with Gasteiger partial charge in [-0.05, 0) is 20.8 Å². The fourth-order valence-electron chi connectivity index (χ4n) is 2.09. The molecule has 1 heterocycles. The van der Waals surface area contributed by atoms with Gasteiger partial charge in [-0.2, -0.15) is 0 Å². The number of nitrogens with one attached hydrogen (secondary N) is 1. The van der Waals surface area contributed by atoms with E-state index in [1.807, 2.05) is 0 Å². The summed E-state index contributed by atoms with van der Waals surface area (Å²) in [5.41, 5.74) is 4.63. The lowest BCUT2D eigenvalue weighted by molar-refractivity contribution is -0.143. The van der Waals surface area contributed by atoms with E-state index in [4.69, 9.17) is 5.73 Å². The molecule has 0 radical (unpaired) electrons. The number of hydrogen-bond donors (Lipinski definition) is 2. The van der Waals surface area contributed by atoms with Gasteiger partial charge in [0.05, 0.1) is 5.25 Å². The maximum Gasteiger partial charge on any atom is 0.243 e. The second-order valence-electron chi connectivity index (χ2n) is 5.92. The van der Waals surface area contributed by atoms with Gasteiger partial charge in [0.1, 0.15) is 6.04 Å². The van der Waals surface area contributed by atoms with Crippen molar-refractivity contribution in [1.82, 2.24) is 10.2 Å². The highest BCUT2D eigenvalue weighted by atomic mass is 32.2. The van der Waals surface area contributed by atoms with Gasteiger partial charge in [-0.25, -0.2) is 0 Å². The Kier molecular flexibility index (Phi) is 5.38. The minimum absolute atomic E-state index is 0.103. The summed E-state index contributed by atoms with van der Waals surface area (Å²) in [5, 5.41) is 1.89. The maximum absolute atomic E-state index is 12.2. The lowest BCUT2D eigenvalue weighted by atomic mass is 10.1. The van der Waals surface area contributed by atoms with Gasteiger partial charge in [-0.3, -0.25) is 24.1 Å². The highest BCUT2D eigenvalue weighted by Gasteiger charge is 2.44. The number of thioether (sulfide) groups is 1. The Morgan fingerprint density at radius 1 is 1.43 bits per heavy atom. The molecule has 0 aliphatic carbocycles. The number of nitrogens with two attached hydrogens (primary N) is 1. The van der Waals surface area contributed by atoms with Gasteiger partial charge in [0.2, 0.25) is 23.6 Å². The first-order chi connectivity index (χ1) is 9.54. The molecule has 0 aromatic rings. The molecule has 8 heteroatoms. The summed E-state index contributed by atoms with van der Waals surface area (Å²) in [6, 6.07) is -0.848. The number of nitrogens with zero attached hydrogens (tertiary/aromatic N) is 1. The molecule has 21 heavy (non-hydrogen) atoms. The predicted molar refractivity (Wildman–Crippen MR) is 79.3 cm³/mol. The van der Waals surface area contributed by atoms with Gasteiger partial charge in [0.15, 0.2) is 0 Å². The molecule has 0 spiro atoms. The summed E-state index contributed by atoms with van der Waals surface area (Å²) in [6.45, 7) is 6.66. The SMILES string of the molecule is CC(=O)N[C@@H](CSC1CC(=O)N(C(C)(C)C)C1=O)C(N)=O. The zero-order valence-corrected chi connectivity index (χ0v) is 13.5. The van der Waals surface area contributed by atoms with Crippen molar-refractivity contribution in [1.29, 1.82) is 0 Å². The van der Waals surface area contributed by atoms with E-state index in [9.17, 15) is 19.2 Å². The third kappa shape index (κ3) is 4.45. The summed E-state index contributed by atoms with van der Waals surface area (Å²) in [7, 11) is 0. The fraction of sp³-hybridized carbons (Fsp3) is 0.692. The molecule has 0 aromatic heterocycles. The zero-order valence-electron chi connectivity index (χ0n) is 12.6. The molecule has 4 amide bonds. The smallest absolute Gasteiger partial charge is 0.243 e. The van der Waals surface area contributed by atoms with Crippen LogP contribution in [0.5, 0.6) is 0 Å². The maximum atomic E-state index is 12.2. The molecule has 2 atom stereocenters. The molecule has 1 unspecified atom stereocenters. The molecule has 3 N–H and O–H groups in total. The van der Waals surface area contributed by atoms with E-state index in [0.29, 0.717) is 0 Å². The van der Waals surface area contributed by atoms with Gasteiger partial charge in [0, 0.05) is 24.6 Å². The molecular formula is C13H21N3O4S. The normalized spacial score (nSPS) is 20.6. The van der Waals surface area contributed by atoms with Crippen molar-refractivity contribution in [3.63, 3.8) is 0 Å². The molecule has 1 fully saturated rings. The Morgan fingerprint density at radius 2 is 2.00 bits per heavy atom. The second-order valence-corrected chi connectivity index (χ2v) is 7.16. The Balaban J connectivity index is 2.68. The van der Waals surface area contributed by atoms with Gasteiger partial charge in [-0.1, -0.05) is 0 Å². The molecule has 118 valence electrons. The molecule has 0 bridgehead atoms. The van der Waals surface area contributed by atoms with Crippen molar-refractivity contribution in [3.8, 4) is 0 Å². The minimum Gasteiger partial charge on any atom is -0.368 e. The molecule has 7 nitrogen and oxygen atoms in total. The number of hydrogen-bond acceptors (Lipinski definition) is 5. The Labute approximate surface area is 128 Å². The topological polar surface area (TPSA) is 110 Å². The van der Waals surface area contributed by atoms with Crippen molar-refractivity contribution in [2.24, 2.45) is 5.73 Å². The van der Waals surface area contributed by atoms with Crippen molar-refractivity contribution in [2.75, 3.05) is 5.75 Å². The van der Waals surface area contributed by atoms with Gasteiger partial charge in [0.25, 0.3) is 0 Å². The van der Waals surface area contributed by atoms with Crippen LogP contribution in [-0.2, 0) is 19.2 Å². The van der Waals surface area contributed by atoms with Crippen LogP contribution in [0.25, 0.3) is 0 Å². The summed E-state index contributed by atoms with van der Waals surface area (Å²) in [4.78, 5) is 47.7. The summed E-state index contributed by atoms with van der Waals surface area (Å²) < 4.78 is 0. The quantitative estimate of drug-likeness (QED) is 0.673. The van der Waals surface area contributed by atoms with Crippen molar-refractivity contribution >= 4 is 35.4 Å². The summed E-state index contributed by atoms with van der Waals surface area (Å²) in [6.07, 6.45) is 0.103. The van der Waals surface area contributed by atoms with Crippen molar-refractivity contribution in [3.05, 3.63) is 0 Å². The summed E-state index contributed by atoms with van der Waals surface area (Å²) >= 11 is 1.17. The van der Waals surface area contributed by atoms with Crippen LogP contribution < -0.4 is 11.1 Å². The van der Waals surface area contributed by atoms with Crippen LogP contribution in [-0.4, -0.2) is 51.1 Å². The van der Waals surface area contributed by atoms with Crippen molar-refractivity contribution < 1.29 is 19.2 Å². The molecular weight excluding hydrogens is 294 g/mol. The first-order valence-corrected chi connectivity index (χ1v) is 7.64. The molecule has 0 aromatic carbocycles. The molecule has 1 aliphatic rings. The Bertz CT molecular complexity index is 473. The lowest BCUT2D eigenvalue weighted by Gasteiger charge is -2.30. The average Bonchev–Trinajstić information content (AvgIpc) is 2.58. The van der Waals surface area contributed by atoms with Crippen LogP contribution >= 0.6 is 11.8 Å². The third-order valence-electron chi connectivity index (χ3n) is 2.96. The van der Waals surface area contributed by atoms with E-state index in [0.717, 1.165) is 0 Å². The lowest BCUT2D eigenvalue weighted by Crippen LogP contribution is -2.47. The van der Waals surface area contributed by atoms with Gasteiger partial charge < -0.3 is 11.1 Å². The number of imide groups is 1. The average molecular weight is 315 g/mol. The van der Waals surface area contributed by atoms with E-state index in [1.165, 1.54) is 23.6 Å². The molecule has 1 aliphatic heterocycles. The standard InChI is InChI=1S/C13H21N3O4S/c1-7(17)15-8(11(14)19)6-21-9-5-10(18)16(12(9)20)13(2,3)4/h8-9H,5-6H2,1-4H3,(H2,14,19)(H,15,17)/t8-,9?/m0/s1. The van der Waals surface area contributed by atoms with E-state index >= 15 is 0 Å². The van der Waals surface area contributed by atoms with Crippen LogP contribution in [0.1, 0.15) is 34.1 Å². The van der Waals surface area contributed by atoms with Crippen LogP contribution in [0, 0.1) is 0 Å². The summed E-state index contributed by atoms with van der Waals surface area (Å²) in [5.74, 6) is -1.35. The van der Waals surface area contributed by atoms with Crippen molar-refractivity contribution in [2.45, 2.75) is 50.9 Å². The Morgan fingerprint density at radius 3 is 2.38 bits per heavy atom. The van der Waals surface area contributed by atoms with Crippen LogP contribution in [0.4, 0.5) is 0 Å². The highest BCUT2D eigenvalue weighted by molar-refractivity contribution is 8.00. The Hall–Kier alpha value is -1.57. The number of primary amides is 1. The van der Waals surface area contributed by atoms with Gasteiger partial charge >= 0.3 is 0 Å². The second kappa shape index (κ2) is 6.46. The fourth-order valence-corrected chi connectivity index (χ4v) is 3.27. The van der Waals surface area contributed by atoms with E-state index in [1.54, 1.807) is 20.8 Å². The van der Waals surface area contributed by atoms with Crippen LogP contribution in [0.2, 0.25) is 0 Å².